The zero-order chi connectivity index (χ0) is 13.8. The molecule has 2 heteroatoms. The van der Waals surface area contributed by atoms with E-state index in [0.29, 0.717) is 0 Å². The molecule has 0 aliphatic rings. The highest BCUT2D eigenvalue weighted by Gasteiger charge is 2.08. The summed E-state index contributed by atoms with van der Waals surface area (Å²) < 4.78 is 0. The maximum atomic E-state index is 4.48. The van der Waals surface area contributed by atoms with E-state index in [1.165, 1.54) is 20.9 Å². The van der Waals surface area contributed by atoms with Gasteiger partial charge in [0.1, 0.15) is 0 Å². The zero-order valence-electron chi connectivity index (χ0n) is 11.3. The first kappa shape index (κ1) is 12.9. The highest BCUT2D eigenvalue weighted by Crippen LogP contribution is 2.35. The van der Waals surface area contributed by atoms with Gasteiger partial charge in [-0.1, -0.05) is 47.7 Å². The second kappa shape index (κ2) is 5.93. The van der Waals surface area contributed by atoms with E-state index >= 15 is 0 Å². The van der Waals surface area contributed by atoms with Crippen LogP contribution in [0, 0.1) is 6.92 Å². The van der Waals surface area contributed by atoms with E-state index in [1.54, 1.807) is 11.8 Å². The topological polar surface area (TPSA) is 12.9 Å². The molecule has 2 aromatic carbocycles. The predicted molar refractivity (Wildman–Crippen MR) is 85.0 cm³/mol. The van der Waals surface area contributed by atoms with E-state index in [-0.39, 0.29) is 0 Å². The van der Waals surface area contributed by atoms with Crippen LogP contribution in [0.2, 0.25) is 0 Å². The van der Waals surface area contributed by atoms with E-state index in [4.69, 9.17) is 0 Å². The summed E-state index contributed by atoms with van der Waals surface area (Å²) in [6.07, 6.45) is 1.84. The van der Waals surface area contributed by atoms with Gasteiger partial charge in [0, 0.05) is 21.6 Å². The molecule has 0 unspecified atom stereocenters. The lowest BCUT2D eigenvalue weighted by Crippen LogP contribution is -1.87. The van der Waals surface area contributed by atoms with Crippen molar-refractivity contribution in [1.82, 2.24) is 4.98 Å². The number of hydrogen-bond donors (Lipinski definition) is 0. The lowest BCUT2D eigenvalue weighted by molar-refractivity contribution is 1.27. The summed E-state index contributed by atoms with van der Waals surface area (Å²) in [5.41, 5.74) is 3.47. The van der Waals surface area contributed by atoms with E-state index in [0.717, 1.165) is 5.69 Å². The fourth-order valence-electron chi connectivity index (χ4n) is 2.07. The number of nitrogens with zero attached hydrogens (tertiary/aromatic N) is 1. The smallest absolute Gasteiger partial charge is 0.0713 e. The molecule has 1 nitrogen and oxygen atoms in total. The maximum absolute atomic E-state index is 4.48. The third-order valence-electron chi connectivity index (χ3n) is 3.05. The van der Waals surface area contributed by atoms with Crippen LogP contribution in [0.1, 0.15) is 5.56 Å². The van der Waals surface area contributed by atoms with Crippen molar-refractivity contribution >= 4 is 11.8 Å². The van der Waals surface area contributed by atoms with Gasteiger partial charge in [0.25, 0.3) is 0 Å². The molecule has 0 saturated heterocycles. The molecule has 0 saturated carbocycles. The Bertz CT molecular complexity index is 693. The maximum Gasteiger partial charge on any atom is 0.0713 e. The monoisotopic (exact) mass is 277 g/mol. The van der Waals surface area contributed by atoms with Crippen LogP contribution in [0.3, 0.4) is 0 Å². The second-order valence-electron chi connectivity index (χ2n) is 4.63. The molecule has 1 aromatic heterocycles. The van der Waals surface area contributed by atoms with Crippen molar-refractivity contribution in [2.45, 2.75) is 16.7 Å². The minimum Gasteiger partial charge on any atom is -0.256 e. The standard InChI is InChI=1S/C18H15NS/c1-14-10-11-18(20-15-7-3-2-4-8-15)16(13-14)17-9-5-6-12-19-17/h2-13H,1H3. The fraction of sp³-hybridized carbons (Fsp3) is 0.0556. The van der Waals surface area contributed by atoms with Gasteiger partial charge in [-0.15, -0.1) is 0 Å². The molecular weight excluding hydrogens is 262 g/mol. The van der Waals surface area contributed by atoms with Crippen molar-refractivity contribution in [3.8, 4) is 11.3 Å². The number of hydrogen-bond acceptors (Lipinski definition) is 2. The van der Waals surface area contributed by atoms with Crippen LogP contribution < -0.4 is 0 Å². The number of pyridine rings is 1. The van der Waals surface area contributed by atoms with Crippen LogP contribution in [-0.4, -0.2) is 4.98 Å². The molecule has 0 radical (unpaired) electrons. The Labute approximate surface area is 123 Å². The van der Waals surface area contributed by atoms with Gasteiger partial charge in [0.15, 0.2) is 0 Å². The van der Waals surface area contributed by atoms with Crippen molar-refractivity contribution in [1.29, 1.82) is 0 Å². The fourth-order valence-corrected chi connectivity index (χ4v) is 3.03. The van der Waals surface area contributed by atoms with E-state index in [9.17, 15) is 0 Å². The van der Waals surface area contributed by atoms with Crippen LogP contribution in [0.5, 0.6) is 0 Å². The first-order valence-corrected chi connectivity index (χ1v) is 7.39. The predicted octanol–water partition coefficient (Wildman–Crippen LogP) is 5.21. The quantitative estimate of drug-likeness (QED) is 0.652. The molecule has 20 heavy (non-hydrogen) atoms. The number of aromatic nitrogens is 1. The number of rotatable bonds is 3. The van der Waals surface area contributed by atoms with Crippen LogP contribution in [0.25, 0.3) is 11.3 Å². The van der Waals surface area contributed by atoms with Gasteiger partial charge in [0.05, 0.1) is 5.69 Å². The summed E-state index contributed by atoms with van der Waals surface area (Å²) in [5, 5.41) is 0. The van der Waals surface area contributed by atoms with Gasteiger partial charge in [-0.3, -0.25) is 4.98 Å². The first-order valence-electron chi connectivity index (χ1n) is 6.58. The molecule has 0 amide bonds. The minimum atomic E-state index is 1.02. The molecule has 0 atom stereocenters. The van der Waals surface area contributed by atoms with Crippen molar-refractivity contribution < 1.29 is 0 Å². The molecule has 98 valence electrons. The van der Waals surface area contributed by atoms with Crippen molar-refractivity contribution in [2.75, 3.05) is 0 Å². The molecule has 0 aliphatic carbocycles. The Hall–Kier alpha value is -2.06. The summed E-state index contributed by atoms with van der Waals surface area (Å²) >= 11 is 1.78. The van der Waals surface area contributed by atoms with Crippen molar-refractivity contribution in [3.63, 3.8) is 0 Å². The average molecular weight is 277 g/mol. The minimum absolute atomic E-state index is 1.02. The lowest BCUT2D eigenvalue weighted by atomic mass is 10.1. The van der Waals surface area contributed by atoms with Gasteiger partial charge < -0.3 is 0 Å². The largest absolute Gasteiger partial charge is 0.256 e. The Balaban J connectivity index is 2.03. The van der Waals surface area contributed by atoms with E-state index < -0.39 is 0 Å². The van der Waals surface area contributed by atoms with Crippen molar-refractivity contribution in [3.05, 3.63) is 78.5 Å². The van der Waals surface area contributed by atoms with Crippen LogP contribution in [0.15, 0.2) is 82.7 Å². The SMILES string of the molecule is Cc1ccc(Sc2ccccc2)c(-c2ccccn2)c1. The highest BCUT2D eigenvalue weighted by molar-refractivity contribution is 7.99. The first-order chi connectivity index (χ1) is 9.83. The van der Waals surface area contributed by atoms with Gasteiger partial charge >= 0.3 is 0 Å². The van der Waals surface area contributed by atoms with Gasteiger partial charge in [-0.05, 0) is 43.3 Å². The Morgan fingerprint density at radius 3 is 2.40 bits per heavy atom. The van der Waals surface area contributed by atoms with E-state index in [2.05, 4.69) is 60.4 Å². The summed E-state index contributed by atoms with van der Waals surface area (Å²) in [7, 11) is 0. The molecule has 0 fully saturated rings. The molecule has 0 N–H and O–H groups in total. The normalized spacial score (nSPS) is 10.4. The Morgan fingerprint density at radius 2 is 1.65 bits per heavy atom. The number of aryl methyl sites for hydroxylation is 1. The molecule has 3 rings (SSSR count). The number of benzene rings is 2. The zero-order valence-corrected chi connectivity index (χ0v) is 12.1. The highest BCUT2D eigenvalue weighted by atomic mass is 32.2. The molecule has 0 aliphatic heterocycles. The summed E-state index contributed by atoms with van der Waals surface area (Å²) in [6.45, 7) is 2.11. The summed E-state index contributed by atoms with van der Waals surface area (Å²) in [6, 6.07) is 23.0. The molecule has 0 spiro atoms. The molecule has 0 bridgehead atoms. The summed E-state index contributed by atoms with van der Waals surface area (Å²) in [4.78, 5) is 6.96. The molecule has 3 aromatic rings. The van der Waals surface area contributed by atoms with Gasteiger partial charge in [-0.25, -0.2) is 0 Å². The van der Waals surface area contributed by atoms with Gasteiger partial charge in [0.2, 0.25) is 0 Å². The molecule has 1 heterocycles. The molecular formula is C18H15NS. The van der Waals surface area contributed by atoms with Crippen LogP contribution >= 0.6 is 11.8 Å². The van der Waals surface area contributed by atoms with Crippen LogP contribution in [-0.2, 0) is 0 Å². The third kappa shape index (κ3) is 2.91. The Morgan fingerprint density at radius 1 is 0.850 bits per heavy atom. The average Bonchev–Trinajstić information content (AvgIpc) is 2.51. The third-order valence-corrected chi connectivity index (χ3v) is 4.13. The van der Waals surface area contributed by atoms with E-state index in [1.807, 2.05) is 24.4 Å². The lowest BCUT2D eigenvalue weighted by Gasteiger charge is -2.10. The Kier molecular flexibility index (Phi) is 3.84. The van der Waals surface area contributed by atoms with Crippen LogP contribution in [0.4, 0.5) is 0 Å². The van der Waals surface area contributed by atoms with Gasteiger partial charge in [-0.2, -0.15) is 0 Å². The summed E-state index contributed by atoms with van der Waals surface area (Å²) in [5.74, 6) is 0. The van der Waals surface area contributed by atoms with Crippen molar-refractivity contribution in [2.24, 2.45) is 0 Å². The second-order valence-corrected chi connectivity index (χ2v) is 5.75.